The van der Waals surface area contributed by atoms with Gasteiger partial charge >= 0.3 is 6.09 Å². The summed E-state index contributed by atoms with van der Waals surface area (Å²) in [6.07, 6.45) is -1.37. The Morgan fingerprint density at radius 3 is 2.50 bits per heavy atom. The molecule has 3 aliphatic heterocycles. The van der Waals surface area contributed by atoms with Crippen LogP contribution in [-0.4, -0.2) is 59.1 Å². The van der Waals surface area contributed by atoms with E-state index >= 15 is 8.78 Å². The van der Waals surface area contributed by atoms with E-state index < -0.39 is 58.5 Å². The van der Waals surface area contributed by atoms with E-state index in [0.717, 1.165) is 27.5 Å². The van der Waals surface area contributed by atoms with Crippen molar-refractivity contribution in [3.8, 4) is 0 Å². The second-order valence-electron chi connectivity index (χ2n) is 9.25. The molecule has 38 heavy (non-hydrogen) atoms. The van der Waals surface area contributed by atoms with Crippen molar-refractivity contribution < 1.29 is 40.3 Å². The molecule has 0 spiro atoms. The molecule has 0 aliphatic carbocycles. The molecule has 0 bridgehead atoms. The van der Waals surface area contributed by atoms with Gasteiger partial charge < -0.3 is 9.64 Å². The van der Waals surface area contributed by atoms with E-state index in [1.165, 1.54) is 18.3 Å². The van der Waals surface area contributed by atoms with Crippen LogP contribution in [0.4, 0.5) is 29.3 Å². The van der Waals surface area contributed by atoms with E-state index in [1.807, 2.05) is 0 Å². The molecule has 1 amide bonds. The summed E-state index contributed by atoms with van der Waals surface area (Å²) in [4.78, 5) is 14.5. The highest BCUT2D eigenvalue weighted by molar-refractivity contribution is 7.86. The minimum Gasteiger partial charge on any atom is -0.438 e. The third kappa shape index (κ3) is 5.37. The summed E-state index contributed by atoms with van der Waals surface area (Å²) >= 11 is 0. The maximum Gasteiger partial charge on any atom is 0.414 e. The lowest BCUT2D eigenvalue weighted by molar-refractivity contribution is -0.858. The number of rotatable bonds is 7. The number of amides is 1. The Morgan fingerprint density at radius 1 is 1.16 bits per heavy atom. The number of ether oxygens (including phenoxy) is 1. The van der Waals surface area contributed by atoms with Gasteiger partial charge in [-0.1, -0.05) is 17.7 Å². The Balaban J connectivity index is 1.25. The van der Waals surface area contributed by atoms with Gasteiger partial charge in [-0.3, -0.25) is 9.08 Å². The summed E-state index contributed by atoms with van der Waals surface area (Å²) in [6, 6.07) is 7.91. The molecule has 2 saturated heterocycles. The average molecular weight is 553 g/mol. The highest BCUT2D eigenvalue weighted by Gasteiger charge is 2.38. The van der Waals surface area contributed by atoms with E-state index in [4.69, 9.17) is 8.92 Å². The maximum atomic E-state index is 15.1. The van der Waals surface area contributed by atoms with Crippen molar-refractivity contribution in [1.82, 2.24) is 0 Å². The Hall–Kier alpha value is -3.49. The van der Waals surface area contributed by atoms with Crippen molar-refractivity contribution in [2.45, 2.75) is 36.6 Å². The average Bonchev–Trinajstić information content (AvgIpc) is 3.50. The van der Waals surface area contributed by atoms with Crippen LogP contribution in [0.3, 0.4) is 0 Å². The zero-order chi connectivity index (χ0) is 27.0. The molecule has 202 valence electrons. The normalized spacial score (nSPS) is 25.3. The number of carbonyl (C=O) groups is 1. The molecule has 2 fully saturated rings. The van der Waals surface area contributed by atoms with Crippen LogP contribution in [0, 0.1) is 18.6 Å². The summed E-state index contributed by atoms with van der Waals surface area (Å²) in [5.74, 6) is -1.98. The van der Waals surface area contributed by atoms with Crippen LogP contribution in [0.25, 0.3) is 0 Å². The highest BCUT2D eigenvalue weighted by atomic mass is 32.2. The molecule has 1 N–H and O–H groups in total. The SMILES string of the molecule is Cc1ccc(S(=O)(=O)OC2CCN(c3c(F)cc(N4CC(C[NH+]5C=CN=N5)OC4=O)cc3F)C[C@@H]2F)cc1. The van der Waals surface area contributed by atoms with Crippen molar-refractivity contribution in [1.29, 1.82) is 0 Å². The fraction of sp³-hybridized carbons (Fsp3) is 0.375. The first-order valence-electron chi connectivity index (χ1n) is 11.9. The Bertz CT molecular complexity index is 1350. The van der Waals surface area contributed by atoms with Crippen LogP contribution in [0.2, 0.25) is 0 Å². The van der Waals surface area contributed by atoms with Crippen molar-refractivity contribution >= 4 is 27.6 Å². The van der Waals surface area contributed by atoms with Gasteiger partial charge in [0.15, 0.2) is 17.7 Å². The standard InChI is InChI=1S/C24H24F3N5O5S/c1-15-2-4-18(5-3-15)38(34,35)37-22-6-8-30(14-21(22)27)23-19(25)10-16(11-20(23)26)32-13-17(36-24(32)33)12-31-9-7-28-29-31/h2-5,7,9-11,17,21-22H,6,8,12-14H2,1H3/p+1/t17?,21-,22?/m0/s1. The molecule has 3 aliphatic rings. The van der Waals surface area contributed by atoms with Crippen LogP contribution in [-0.2, 0) is 19.0 Å². The third-order valence-corrected chi connectivity index (χ3v) is 7.85. The van der Waals surface area contributed by atoms with Crippen LogP contribution in [0.5, 0.6) is 0 Å². The van der Waals surface area contributed by atoms with Gasteiger partial charge in [-0.05, 0) is 25.5 Å². The zero-order valence-electron chi connectivity index (χ0n) is 20.3. The molecule has 3 heterocycles. The van der Waals surface area contributed by atoms with E-state index in [1.54, 1.807) is 25.3 Å². The lowest BCUT2D eigenvalue weighted by atomic mass is 10.0. The lowest BCUT2D eigenvalue weighted by Gasteiger charge is -2.36. The number of piperidine rings is 1. The number of anilines is 2. The first-order valence-corrected chi connectivity index (χ1v) is 13.3. The van der Waals surface area contributed by atoms with Gasteiger partial charge in [0.05, 0.1) is 23.7 Å². The third-order valence-electron chi connectivity index (χ3n) is 6.50. The lowest BCUT2D eigenvalue weighted by Crippen LogP contribution is -3.03. The number of benzene rings is 2. The summed E-state index contributed by atoms with van der Waals surface area (Å²) in [7, 11) is -4.21. The monoisotopic (exact) mass is 552 g/mol. The van der Waals surface area contributed by atoms with E-state index in [0.29, 0.717) is 11.6 Å². The number of nitrogens with zero attached hydrogens (tertiary/aromatic N) is 4. The van der Waals surface area contributed by atoms with Crippen LogP contribution in [0.1, 0.15) is 12.0 Å². The molecule has 3 unspecified atom stereocenters. The Morgan fingerprint density at radius 2 is 1.87 bits per heavy atom. The number of aryl methyl sites for hydroxylation is 1. The molecule has 5 rings (SSSR count). The summed E-state index contributed by atoms with van der Waals surface area (Å²) in [5, 5.41) is 8.22. The van der Waals surface area contributed by atoms with Gasteiger partial charge in [0, 0.05) is 23.9 Å². The molecular weight excluding hydrogens is 527 g/mol. The molecular formula is C24H25F3N5O5S+. The van der Waals surface area contributed by atoms with Gasteiger partial charge in [0.2, 0.25) is 0 Å². The molecule has 14 heteroatoms. The minimum atomic E-state index is -4.21. The van der Waals surface area contributed by atoms with Crippen LogP contribution in [0.15, 0.2) is 64.0 Å². The second kappa shape index (κ2) is 10.3. The smallest absolute Gasteiger partial charge is 0.414 e. The number of halogens is 3. The predicted octanol–water partition coefficient (Wildman–Crippen LogP) is 2.66. The number of nitrogens with one attached hydrogen (secondary N) is 1. The van der Waals surface area contributed by atoms with Crippen molar-refractivity contribution in [3.63, 3.8) is 0 Å². The number of hydrogen-bond acceptors (Lipinski definition) is 8. The van der Waals surface area contributed by atoms with Gasteiger partial charge in [0.25, 0.3) is 10.1 Å². The largest absolute Gasteiger partial charge is 0.438 e. The van der Waals surface area contributed by atoms with Crippen LogP contribution < -0.4 is 14.8 Å². The van der Waals surface area contributed by atoms with E-state index in [2.05, 4.69) is 10.3 Å². The van der Waals surface area contributed by atoms with Crippen molar-refractivity contribution in [2.75, 3.05) is 36.0 Å². The Kier molecular flexibility index (Phi) is 7.11. The molecule has 4 atom stereocenters. The minimum absolute atomic E-state index is 0.0379. The summed E-state index contributed by atoms with van der Waals surface area (Å²) in [5.41, 5.74) is 0.349. The molecule has 2 aromatic rings. The van der Waals surface area contributed by atoms with Crippen LogP contribution >= 0.6 is 0 Å². The molecule has 10 nitrogen and oxygen atoms in total. The number of quaternary nitrogens is 1. The Labute approximate surface area is 217 Å². The first kappa shape index (κ1) is 26.1. The summed E-state index contributed by atoms with van der Waals surface area (Å²) in [6.45, 7) is 1.64. The first-order chi connectivity index (χ1) is 18.1. The van der Waals surface area contributed by atoms with Crippen molar-refractivity contribution in [3.05, 3.63) is 66.0 Å². The van der Waals surface area contributed by atoms with Crippen molar-refractivity contribution in [2.24, 2.45) is 10.3 Å². The number of cyclic esters (lactones) is 1. The number of hydrogen-bond donors (Lipinski definition) is 1. The predicted molar refractivity (Wildman–Crippen MR) is 129 cm³/mol. The molecule has 0 saturated carbocycles. The van der Waals surface area contributed by atoms with Gasteiger partial charge in [-0.25, -0.2) is 18.0 Å². The number of carbonyl (C=O) groups excluding carboxylic acids is 1. The van der Waals surface area contributed by atoms with Gasteiger partial charge in [-0.15, -0.1) is 5.11 Å². The fourth-order valence-electron chi connectivity index (χ4n) is 4.57. The maximum absolute atomic E-state index is 15.1. The second-order valence-corrected chi connectivity index (χ2v) is 10.8. The highest BCUT2D eigenvalue weighted by Crippen LogP contribution is 2.34. The van der Waals surface area contributed by atoms with E-state index in [-0.39, 0.29) is 30.1 Å². The number of alkyl halides is 1. The molecule has 0 aromatic heterocycles. The molecule has 2 aromatic carbocycles. The topological polar surface area (TPSA) is 105 Å². The van der Waals surface area contributed by atoms with E-state index in [9.17, 15) is 17.6 Å². The zero-order valence-corrected chi connectivity index (χ0v) is 21.1. The quantitative estimate of drug-likeness (QED) is 0.530. The fourth-order valence-corrected chi connectivity index (χ4v) is 5.69. The summed E-state index contributed by atoms with van der Waals surface area (Å²) < 4.78 is 80.7. The van der Waals surface area contributed by atoms with Gasteiger partial charge in [0.1, 0.15) is 36.9 Å². The molecule has 0 radical (unpaired) electrons. The van der Waals surface area contributed by atoms with Gasteiger partial charge in [-0.2, -0.15) is 13.4 Å².